The summed E-state index contributed by atoms with van der Waals surface area (Å²) in [5, 5.41) is 10.3. The molecule has 1 aromatic rings. The van der Waals surface area contributed by atoms with E-state index in [1.807, 2.05) is 0 Å². The zero-order valence-electron chi connectivity index (χ0n) is 14.4. The van der Waals surface area contributed by atoms with Gasteiger partial charge in [-0.1, -0.05) is 0 Å². The molecule has 0 spiro atoms. The molecule has 0 radical (unpaired) electrons. The molecule has 7 heteroatoms. The fourth-order valence-corrected chi connectivity index (χ4v) is 6.41. The first-order valence-corrected chi connectivity index (χ1v) is 10.0. The first-order valence-electron chi connectivity index (χ1n) is 9.59. The second-order valence-electron chi connectivity index (χ2n) is 8.94. The van der Waals surface area contributed by atoms with Crippen molar-refractivity contribution in [2.24, 2.45) is 17.3 Å². The van der Waals surface area contributed by atoms with Gasteiger partial charge in [-0.15, -0.1) is 0 Å². The third-order valence-electron chi connectivity index (χ3n) is 6.80. The molecule has 136 valence electrons. The summed E-state index contributed by atoms with van der Waals surface area (Å²) in [6.07, 6.45) is 7.62. The third kappa shape index (κ3) is 2.66. The van der Waals surface area contributed by atoms with Gasteiger partial charge in [-0.25, -0.2) is 4.39 Å². The first-order chi connectivity index (χ1) is 12.0. The van der Waals surface area contributed by atoms with Crippen molar-refractivity contribution in [3.63, 3.8) is 0 Å². The lowest BCUT2D eigenvalue weighted by atomic mass is 9.48. The Bertz CT molecular complexity index is 753. The van der Waals surface area contributed by atoms with Crippen molar-refractivity contribution in [2.45, 2.75) is 69.5 Å². The van der Waals surface area contributed by atoms with E-state index in [9.17, 15) is 4.79 Å². The van der Waals surface area contributed by atoms with Crippen LogP contribution in [0.15, 0.2) is 0 Å². The van der Waals surface area contributed by atoms with Gasteiger partial charge in [-0.05, 0) is 75.4 Å². The maximum absolute atomic E-state index is 15.0. The number of carbonyl (C=O) groups excluding carboxylic acids is 1. The Labute approximate surface area is 151 Å². The highest BCUT2D eigenvalue weighted by molar-refractivity contribution is 7.71. The minimum absolute atomic E-state index is 0.0655. The van der Waals surface area contributed by atoms with Gasteiger partial charge in [0.2, 0.25) is 5.91 Å². The predicted molar refractivity (Wildman–Crippen MR) is 93.4 cm³/mol. The van der Waals surface area contributed by atoms with E-state index in [-0.39, 0.29) is 5.91 Å². The summed E-state index contributed by atoms with van der Waals surface area (Å²) < 4.78 is 17.8. The van der Waals surface area contributed by atoms with Crippen LogP contribution in [0.5, 0.6) is 0 Å². The molecule has 0 saturated heterocycles. The second-order valence-corrected chi connectivity index (χ2v) is 9.33. The van der Waals surface area contributed by atoms with Crippen molar-refractivity contribution in [1.29, 1.82) is 0 Å². The normalized spacial score (nSPS) is 38.9. The first kappa shape index (κ1) is 16.0. The molecule has 1 aromatic heterocycles. The van der Waals surface area contributed by atoms with Crippen LogP contribution in [-0.2, 0) is 11.2 Å². The zero-order valence-corrected chi connectivity index (χ0v) is 15.2. The highest BCUT2D eigenvalue weighted by Gasteiger charge is 2.61. The largest absolute Gasteiger partial charge is 0.355 e. The molecular weight excluding hydrogens is 339 g/mol. The lowest BCUT2D eigenvalue weighted by molar-refractivity contribution is -0.160. The standard InChI is InChI=1S/C18H25FN4OS/c19-18-8-11-5-12(9-18)7-17(6-11,10-18)15(24)20-4-3-14-21-22-16(25)23(14)13-1-2-13/h11-13H,1-10H2,(H,20,24)(H,22,25). The lowest BCUT2D eigenvalue weighted by Crippen LogP contribution is -2.59. The predicted octanol–water partition coefficient (Wildman–Crippen LogP) is 3.24. The molecule has 5 saturated carbocycles. The molecule has 1 heterocycles. The van der Waals surface area contributed by atoms with E-state index in [4.69, 9.17) is 12.2 Å². The number of hydrogen-bond acceptors (Lipinski definition) is 3. The van der Waals surface area contributed by atoms with Gasteiger partial charge in [-0.2, -0.15) is 5.10 Å². The molecule has 5 fully saturated rings. The second kappa shape index (κ2) is 5.38. The quantitative estimate of drug-likeness (QED) is 0.789. The van der Waals surface area contributed by atoms with E-state index in [0.717, 1.165) is 37.9 Å². The molecule has 0 aliphatic heterocycles. The van der Waals surface area contributed by atoms with Gasteiger partial charge >= 0.3 is 0 Å². The number of amides is 1. The van der Waals surface area contributed by atoms with Crippen LogP contribution in [0.2, 0.25) is 0 Å². The number of aromatic amines is 1. The average Bonchev–Trinajstić information content (AvgIpc) is 3.28. The molecule has 5 aliphatic carbocycles. The van der Waals surface area contributed by atoms with Gasteiger partial charge in [0, 0.05) is 19.0 Å². The Balaban J connectivity index is 1.25. The maximum atomic E-state index is 15.0. The van der Waals surface area contributed by atoms with Gasteiger partial charge in [0.05, 0.1) is 5.41 Å². The Hall–Kier alpha value is -1.24. The number of halogens is 1. The van der Waals surface area contributed by atoms with Crippen molar-refractivity contribution >= 4 is 18.1 Å². The number of H-pyrrole nitrogens is 1. The summed E-state index contributed by atoms with van der Waals surface area (Å²) in [6.45, 7) is 0.543. The topological polar surface area (TPSA) is 62.7 Å². The zero-order chi connectivity index (χ0) is 17.2. The monoisotopic (exact) mass is 364 g/mol. The van der Waals surface area contributed by atoms with E-state index < -0.39 is 11.1 Å². The number of alkyl halides is 1. The van der Waals surface area contributed by atoms with E-state index in [2.05, 4.69) is 20.1 Å². The molecule has 5 nitrogen and oxygen atoms in total. The van der Waals surface area contributed by atoms with Gasteiger partial charge in [0.25, 0.3) is 0 Å². The van der Waals surface area contributed by atoms with Crippen molar-refractivity contribution in [3.05, 3.63) is 10.6 Å². The summed E-state index contributed by atoms with van der Waals surface area (Å²) in [5.41, 5.74) is -1.55. The Kier molecular flexibility index (Phi) is 3.44. The molecular formula is C18H25FN4OS. The lowest BCUT2D eigenvalue weighted by Gasteiger charge is -2.58. The van der Waals surface area contributed by atoms with Crippen LogP contribution < -0.4 is 5.32 Å². The smallest absolute Gasteiger partial charge is 0.226 e. The molecule has 2 N–H and O–H groups in total. The summed E-state index contributed by atoms with van der Waals surface area (Å²) in [5.74, 6) is 1.79. The molecule has 0 aromatic carbocycles. The summed E-state index contributed by atoms with van der Waals surface area (Å²) in [6, 6.07) is 0.478. The van der Waals surface area contributed by atoms with Crippen LogP contribution in [0.25, 0.3) is 0 Å². The van der Waals surface area contributed by atoms with E-state index in [0.29, 0.717) is 54.9 Å². The SMILES string of the molecule is O=C(NCCc1n[nH]c(=S)n1C1CC1)C12CC3CC(CC(F)(C3)C1)C2. The number of carbonyl (C=O) groups is 1. The van der Waals surface area contributed by atoms with Gasteiger partial charge < -0.3 is 9.88 Å². The molecule has 6 rings (SSSR count). The number of nitrogens with zero attached hydrogens (tertiary/aromatic N) is 2. The van der Waals surface area contributed by atoms with Gasteiger partial charge in [0.15, 0.2) is 4.77 Å². The summed E-state index contributed by atoms with van der Waals surface area (Å²) in [4.78, 5) is 12.9. The van der Waals surface area contributed by atoms with Crippen molar-refractivity contribution in [3.8, 4) is 0 Å². The van der Waals surface area contributed by atoms with Crippen molar-refractivity contribution in [1.82, 2.24) is 20.1 Å². The Morgan fingerprint density at radius 2 is 2.04 bits per heavy atom. The third-order valence-corrected chi connectivity index (χ3v) is 7.08. The summed E-state index contributed by atoms with van der Waals surface area (Å²) in [7, 11) is 0. The summed E-state index contributed by atoms with van der Waals surface area (Å²) >= 11 is 5.30. The molecule has 2 atom stereocenters. The molecule has 2 unspecified atom stereocenters. The van der Waals surface area contributed by atoms with Crippen LogP contribution >= 0.6 is 12.2 Å². The minimum atomic E-state index is -1.09. The van der Waals surface area contributed by atoms with Crippen LogP contribution in [0, 0.1) is 22.0 Å². The van der Waals surface area contributed by atoms with Gasteiger partial charge in [-0.3, -0.25) is 9.89 Å². The maximum Gasteiger partial charge on any atom is 0.226 e. The molecule has 4 bridgehead atoms. The molecule has 1 amide bonds. The average molecular weight is 364 g/mol. The van der Waals surface area contributed by atoms with Crippen molar-refractivity contribution in [2.75, 3.05) is 6.54 Å². The number of nitrogens with one attached hydrogen (secondary N) is 2. The Morgan fingerprint density at radius 1 is 1.32 bits per heavy atom. The van der Waals surface area contributed by atoms with E-state index in [1.54, 1.807) is 0 Å². The number of hydrogen-bond donors (Lipinski definition) is 2. The number of rotatable bonds is 5. The minimum Gasteiger partial charge on any atom is -0.355 e. The van der Waals surface area contributed by atoms with E-state index in [1.165, 1.54) is 0 Å². The highest BCUT2D eigenvalue weighted by atomic mass is 32.1. The van der Waals surface area contributed by atoms with Gasteiger partial charge in [0.1, 0.15) is 11.5 Å². The molecule has 25 heavy (non-hydrogen) atoms. The fraction of sp³-hybridized carbons (Fsp3) is 0.833. The van der Waals surface area contributed by atoms with Crippen molar-refractivity contribution < 1.29 is 9.18 Å². The van der Waals surface area contributed by atoms with Crippen LogP contribution in [0.4, 0.5) is 4.39 Å². The van der Waals surface area contributed by atoms with Crippen LogP contribution in [0.3, 0.4) is 0 Å². The highest BCUT2D eigenvalue weighted by Crippen LogP contribution is 2.63. The number of aromatic nitrogens is 3. The van der Waals surface area contributed by atoms with Crippen LogP contribution in [-0.4, -0.2) is 32.9 Å². The Morgan fingerprint density at radius 3 is 2.68 bits per heavy atom. The van der Waals surface area contributed by atoms with E-state index >= 15 is 4.39 Å². The van der Waals surface area contributed by atoms with Crippen LogP contribution in [0.1, 0.15) is 63.2 Å². The molecule has 5 aliphatic rings. The fourth-order valence-electron chi connectivity index (χ4n) is 6.11.